The SMILES string of the molecule is CC(=O)c1csc(CN(CCC(c2ccccc2)c2ccccc2)Cc2ccc(C)cc2)n1. The molecule has 1 aromatic heterocycles. The topological polar surface area (TPSA) is 33.2 Å². The van der Waals surface area contributed by atoms with Gasteiger partial charge in [-0.1, -0.05) is 90.5 Å². The summed E-state index contributed by atoms with van der Waals surface area (Å²) < 4.78 is 0. The second-order valence-corrected chi connectivity index (χ2v) is 9.48. The molecule has 0 aliphatic carbocycles. The summed E-state index contributed by atoms with van der Waals surface area (Å²) in [5.74, 6) is 0.354. The van der Waals surface area contributed by atoms with E-state index >= 15 is 0 Å². The molecule has 0 spiro atoms. The number of benzene rings is 3. The van der Waals surface area contributed by atoms with Crippen molar-refractivity contribution in [3.63, 3.8) is 0 Å². The molecule has 0 amide bonds. The number of aryl methyl sites for hydroxylation is 1. The lowest BCUT2D eigenvalue weighted by molar-refractivity contribution is 0.101. The van der Waals surface area contributed by atoms with Crippen LogP contribution in [0.15, 0.2) is 90.3 Å². The molecule has 1 heterocycles. The average molecular weight is 455 g/mol. The summed E-state index contributed by atoms with van der Waals surface area (Å²) in [6.07, 6.45) is 1.00. The number of carbonyl (C=O) groups excluding carboxylic acids is 1. The highest BCUT2D eigenvalue weighted by Gasteiger charge is 2.18. The Morgan fingerprint density at radius 1 is 0.879 bits per heavy atom. The van der Waals surface area contributed by atoms with Crippen LogP contribution in [0.3, 0.4) is 0 Å². The Bertz CT molecular complexity index is 1110. The molecular weight excluding hydrogens is 424 g/mol. The van der Waals surface area contributed by atoms with Crippen molar-refractivity contribution in [1.29, 1.82) is 0 Å². The lowest BCUT2D eigenvalue weighted by Crippen LogP contribution is -2.25. The first-order chi connectivity index (χ1) is 16.1. The fraction of sp³-hybridized carbons (Fsp3) is 0.241. The molecule has 0 unspecified atom stereocenters. The molecule has 33 heavy (non-hydrogen) atoms. The van der Waals surface area contributed by atoms with Crippen molar-refractivity contribution in [3.05, 3.63) is 123 Å². The smallest absolute Gasteiger partial charge is 0.178 e. The number of carbonyl (C=O) groups is 1. The molecule has 0 aliphatic heterocycles. The first kappa shape index (κ1) is 23.1. The standard InChI is InChI=1S/C29H30N2OS/c1-22-13-15-24(16-14-22)19-31(20-29-30-28(21-33-29)23(2)32)18-17-27(25-9-5-3-6-10-25)26-11-7-4-8-12-26/h3-16,21,27H,17-20H2,1-2H3. The molecule has 3 nitrogen and oxygen atoms in total. The van der Waals surface area contributed by atoms with Gasteiger partial charge < -0.3 is 0 Å². The van der Waals surface area contributed by atoms with E-state index in [-0.39, 0.29) is 5.78 Å². The zero-order chi connectivity index (χ0) is 23.0. The van der Waals surface area contributed by atoms with Gasteiger partial charge in [-0.15, -0.1) is 11.3 Å². The van der Waals surface area contributed by atoms with Gasteiger partial charge in [0.05, 0.1) is 6.54 Å². The third kappa shape index (κ3) is 6.47. The second kappa shape index (κ2) is 11.2. The van der Waals surface area contributed by atoms with Crippen LogP contribution in [0.25, 0.3) is 0 Å². The van der Waals surface area contributed by atoms with Gasteiger partial charge in [0.25, 0.3) is 0 Å². The molecule has 0 saturated heterocycles. The van der Waals surface area contributed by atoms with Crippen LogP contribution >= 0.6 is 11.3 Å². The summed E-state index contributed by atoms with van der Waals surface area (Å²) in [5, 5.41) is 2.86. The van der Waals surface area contributed by atoms with Gasteiger partial charge in [0.1, 0.15) is 10.7 Å². The van der Waals surface area contributed by atoms with Crippen molar-refractivity contribution >= 4 is 17.1 Å². The fourth-order valence-corrected chi connectivity index (χ4v) is 4.98. The first-order valence-corrected chi connectivity index (χ1v) is 12.3. The minimum Gasteiger partial charge on any atom is -0.293 e. The highest BCUT2D eigenvalue weighted by molar-refractivity contribution is 7.09. The van der Waals surface area contributed by atoms with E-state index in [1.54, 1.807) is 18.3 Å². The molecule has 4 heteroatoms. The predicted molar refractivity (Wildman–Crippen MR) is 137 cm³/mol. The predicted octanol–water partition coefficient (Wildman–Crippen LogP) is 6.88. The monoisotopic (exact) mass is 454 g/mol. The number of ketones is 1. The zero-order valence-electron chi connectivity index (χ0n) is 19.3. The number of hydrogen-bond acceptors (Lipinski definition) is 4. The minimum atomic E-state index is 0.0239. The Balaban J connectivity index is 1.55. The maximum absolute atomic E-state index is 11.7. The van der Waals surface area contributed by atoms with E-state index in [2.05, 4.69) is 102 Å². The number of hydrogen-bond donors (Lipinski definition) is 0. The van der Waals surface area contributed by atoms with Gasteiger partial charge >= 0.3 is 0 Å². The van der Waals surface area contributed by atoms with Crippen molar-refractivity contribution in [2.75, 3.05) is 6.54 Å². The van der Waals surface area contributed by atoms with Gasteiger partial charge in [-0.25, -0.2) is 4.98 Å². The Hall–Kier alpha value is -3.08. The number of aromatic nitrogens is 1. The molecule has 0 saturated carbocycles. The summed E-state index contributed by atoms with van der Waals surface area (Å²) in [7, 11) is 0. The van der Waals surface area contributed by atoms with E-state index in [9.17, 15) is 4.79 Å². The Morgan fingerprint density at radius 2 is 1.48 bits per heavy atom. The maximum Gasteiger partial charge on any atom is 0.178 e. The van der Waals surface area contributed by atoms with Crippen molar-refractivity contribution in [2.45, 2.75) is 39.3 Å². The second-order valence-electron chi connectivity index (χ2n) is 8.54. The van der Waals surface area contributed by atoms with Gasteiger partial charge in [0.2, 0.25) is 0 Å². The summed E-state index contributed by atoms with van der Waals surface area (Å²) in [4.78, 5) is 18.8. The lowest BCUT2D eigenvalue weighted by Gasteiger charge is -2.25. The van der Waals surface area contributed by atoms with Gasteiger partial charge in [-0.2, -0.15) is 0 Å². The molecule has 0 aliphatic rings. The van der Waals surface area contributed by atoms with E-state index in [1.165, 1.54) is 22.3 Å². The average Bonchev–Trinajstić information content (AvgIpc) is 3.31. The van der Waals surface area contributed by atoms with Crippen molar-refractivity contribution in [3.8, 4) is 0 Å². The zero-order valence-corrected chi connectivity index (χ0v) is 20.1. The van der Waals surface area contributed by atoms with Crippen LogP contribution in [-0.2, 0) is 13.1 Å². The summed E-state index contributed by atoms with van der Waals surface area (Å²) in [5.41, 5.74) is 5.81. The first-order valence-electron chi connectivity index (χ1n) is 11.4. The molecule has 0 N–H and O–H groups in total. The number of thiazole rings is 1. The molecule has 0 bridgehead atoms. The van der Waals surface area contributed by atoms with Crippen LogP contribution in [0, 0.1) is 6.92 Å². The lowest BCUT2D eigenvalue weighted by atomic mass is 9.88. The van der Waals surface area contributed by atoms with Crippen LogP contribution in [0.4, 0.5) is 0 Å². The third-order valence-corrected chi connectivity index (χ3v) is 6.77. The number of Topliss-reactive ketones (excluding diaryl/α,β-unsaturated/α-hetero) is 1. The van der Waals surface area contributed by atoms with E-state index < -0.39 is 0 Å². The summed E-state index contributed by atoms with van der Waals surface area (Å²) in [6.45, 7) is 6.21. The van der Waals surface area contributed by atoms with Crippen LogP contribution in [0.2, 0.25) is 0 Å². The fourth-order valence-electron chi connectivity index (χ4n) is 4.11. The molecule has 3 aromatic carbocycles. The highest BCUT2D eigenvalue weighted by Crippen LogP contribution is 2.29. The van der Waals surface area contributed by atoms with Crippen molar-refractivity contribution in [1.82, 2.24) is 9.88 Å². The Kier molecular flexibility index (Phi) is 7.82. The number of rotatable bonds is 10. The van der Waals surface area contributed by atoms with Crippen LogP contribution < -0.4 is 0 Å². The Labute approximate surface area is 200 Å². The molecule has 0 fully saturated rings. The van der Waals surface area contributed by atoms with Crippen molar-refractivity contribution < 1.29 is 4.79 Å². The molecule has 4 rings (SSSR count). The molecule has 0 radical (unpaired) electrons. The summed E-state index contributed by atoms with van der Waals surface area (Å²) in [6, 6.07) is 30.3. The van der Waals surface area contributed by atoms with Gasteiger partial charge in [0, 0.05) is 24.8 Å². The van der Waals surface area contributed by atoms with Crippen LogP contribution in [-0.4, -0.2) is 22.2 Å². The van der Waals surface area contributed by atoms with Gasteiger partial charge in [0.15, 0.2) is 5.78 Å². The van der Waals surface area contributed by atoms with Crippen molar-refractivity contribution in [2.24, 2.45) is 0 Å². The van der Waals surface area contributed by atoms with E-state index in [0.29, 0.717) is 11.6 Å². The largest absolute Gasteiger partial charge is 0.293 e. The molecular formula is C29H30N2OS. The van der Waals surface area contributed by atoms with Gasteiger partial charge in [-0.3, -0.25) is 9.69 Å². The van der Waals surface area contributed by atoms with Crippen LogP contribution in [0.5, 0.6) is 0 Å². The van der Waals surface area contributed by atoms with Gasteiger partial charge in [-0.05, 0) is 36.6 Å². The molecule has 4 aromatic rings. The van der Waals surface area contributed by atoms with Crippen LogP contribution in [0.1, 0.15) is 57.0 Å². The normalized spacial score (nSPS) is 11.3. The number of nitrogens with zero attached hydrogens (tertiary/aromatic N) is 2. The maximum atomic E-state index is 11.7. The summed E-state index contributed by atoms with van der Waals surface area (Å²) >= 11 is 1.57. The highest BCUT2D eigenvalue weighted by atomic mass is 32.1. The minimum absolute atomic E-state index is 0.0239. The van der Waals surface area contributed by atoms with E-state index in [4.69, 9.17) is 0 Å². The van der Waals surface area contributed by atoms with E-state index in [0.717, 1.165) is 31.1 Å². The quantitative estimate of drug-likeness (QED) is 0.245. The van der Waals surface area contributed by atoms with E-state index in [1.807, 2.05) is 5.38 Å². The third-order valence-electron chi connectivity index (χ3n) is 5.94. The molecule has 0 atom stereocenters. The molecule has 168 valence electrons. The Morgan fingerprint density at radius 3 is 2.03 bits per heavy atom.